The van der Waals surface area contributed by atoms with Crippen LogP contribution in [0.4, 0.5) is 13.2 Å². The van der Waals surface area contributed by atoms with E-state index in [1.165, 1.54) is 9.87 Å². The molecule has 0 spiro atoms. The number of hydrogen-bond acceptors (Lipinski definition) is 5. The van der Waals surface area contributed by atoms with Gasteiger partial charge in [0.15, 0.2) is 0 Å². The first-order chi connectivity index (χ1) is 19.4. The first-order valence-corrected chi connectivity index (χ1v) is 15.8. The van der Waals surface area contributed by atoms with Crippen molar-refractivity contribution < 1.29 is 31.1 Å². The number of benzene rings is 3. The van der Waals surface area contributed by atoms with Crippen LogP contribution in [-0.2, 0) is 27.1 Å². The van der Waals surface area contributed by atoms with Crippen LogP contribution in [0.1, 0.15) is 49.3 Å². The van der Waals surface area contributed by atoms with Gasteiger partial charge in [0, 0.05) is 24.1 Å². The summed E-state index contributed by atoms with van der Waals surface area (Å²) in [5.41, 5.74) is 3.21. The molecule has 11 heteroatoms. The van der Waals surface area contributed by atoms with Crippen LogP contribution in [0.5, 0.6) is 5.75 Å². The Balaban J connectivity index is 1.51. The van der Waals surface area contributed by atoms with Crippen LogP contribution in [0.15, 0.2) is 83.8 Å². The fourth-order valence-electron chi connectivity index (χ4n) is 4.65. The number of sulfonamides is 1. The maximum atomic E-state index is 13.6. The molecule has 1 N–H and O–H groups in total. The Labute approximate surface area is 243 Å². The van der Waals surface area contributed by atoms with Crippen molar-refractivity contribution in [2.45, 2.75) is 67.5 Å². The molecule has 6 nitrogen and oxygen atoms in total. The zero-order valence-corrected chi connectivity index (χ0v) is 24.4. The van der Waals surface area contributed by atoms with Crippen molar-refractivity contribution in [3.05, 3.63) is 95.6 Å². The van der Waals surface area contributed by atoms with Gasteiger partial charge in [-0.25, -0.2) is 8.42 Å². The molecule has 0 aliphatic carbocycles. The lowest BCUT2D eigenvalue weighted by molar-refractivity contribution is -0.274. The van der Waals surface area contributed by atoms with Gasteiger partial charge in [-0.1, -0.05) is 68.4 Å². The molecule has 1 amide bonds. The molecule has 41 heavy (non-hydrogen) atoms. The molecule has 3 aromatic rings. The molecular formula is C30H33F3N2O4S2. The molecule has 1 aliphatic heterocycles. The Morgan fingerprint density at radius 3 is 2.27 bits per heavy atom. The Morgan fingerprint density at radius 1 is 1.00 bits per heavy atom. The lowest BCUT2D eigenvalue weighted by atomic mass is 10.0. The quantitative estimate of drug-likeness (QED) is 0.286. The van der Waals surface area contributed by atoms with Crippen LogP contribution < -0.4 is 10.1 Å². The summed E-state index contributed by atoms with van der Waals surface area (Å²) < 4.78 is 70.0. The third-order valence-corrected chi connectivity index (χ3v) is 10.2. The minimum absolute atomic E-state index is 0.0466. The van der Waals surface area contributed by atoms with Crippen LogP contribution in [0, 0.1) is 0 Å². The summed E-state index contributed by atoms with van der Waals surface area (Å²) in [6.45, 7) is 4.54. The number of thioether (sulfide) groups is 1. The standard InChI is InChI=1S/C30H33F3N2O4S2/c1-21(2)24-10-8-22(9-11-24)19-34-29(36)28-18-26(40-20-23-6-4-3-5-7-23)16-17-35(28)41(37,38)27-14-12-25(13-15-27)39-30(31,32)33/h3-15,21,26,28H,16-20H2,1-2H3,(H,34,36)/t26-,28-/m1/s1. The summed E-state index contributed by atoms with van der Waals surface area (Å²) in [5, 5.41) is 2.95. The van der Waals surface area contributed by atoms with E-state index in [1.807, 2.05) is 54.6 Å². The van der Waals surface area contributed by atoms with E-state index in [0.717, 1.165) is 41.1 Å². The van der Waals surface area contributed by atoms with Gasteiger partial charge in [0.25, 0.3) is 0 Å². The molecule has 1 saturated heterocycles. The van der Waals surface area contributed by atoms with Gasteiger partial charge in [0.1, 0.15) is 11.8 Å². The predicted molar refractivity (Wildman–Crippen MR) is 154 cm³/mol. The fourth-order valence-corrected chi connectivity index (χ4v) is 7.48. The molecule has 1 heterocycles. The van der Waals surface area contributed by atoms with Gasteiger partial charge in [-0.2, -0.15) is 16.1 Å². The average Bonchev–Trinajstić information content (AvgIpc) is 2.95. The average molecular weight is 607 g/mol. The van der Waals surface area contributed by atoms with E-state index >= 15 is 0 Å². The maximum Gasteiger partial charge on any atom is 0.573 e. The zero-order chi connectivity index (χ0) is 29.6. The van der Waals surface area contributed by atoms with Crippen LogP contribution in [-0.4, -0.2) is 42.8 Å². The molecule has 1 fully saturated rings. The molecule has 0 saturated carbocycles. The fraction of sp³-hybridized carbons (Fsp3) is 0.367. The summed E-state index contributed by atoms with van der Waals surface area (Å²) >= 11 is 1.68. The van der Waals surface area contributed by atoms with Crippen molar-refractivity contribution >= 4 is 27.7 Å². The number of piperidine rings is 1. The number of hydrogen-bond donors (Lipinski definition) is 1. The summed E-state index contributed by atoms with van der Waals surface area (Å²) in [6, 6.07) is 20.9. The molecule has 4 rings (SSSR count). The van der Waals surface area contributed by atoms with Gasteiger partial charge >= 0.3 is 6.36 Å². The number of ether oxygens (including phenoxy) is 1. The molecule has 2 atom stereocenters. The lowest BCUT2D eigenvalue weighted by Crippen LogP contribution is -2.54. The summed E-state index contributed by atoms with van der Waals surface area (Å²) in [4.78, 5) is 13.3. The predicted octanol–water partition coefficient (Wildman–Crippen LogP) is 6.48. The van der Waals surface area contributed by atoms with Crippen molar-refractivity contribution in [1.29, 1.82) is 0 Å². The second-order valence-electron chi connectivity index (χ2n) is 10.2. The van der Waals surface area contributed by atoms with E-state index in [4.69, 9.17) is 0 Å². The molecule has 0 unspecified atom stereocenters. The van der Waals surface area contributed by atoms with Gasteiger partial charge in [0.2, 0.25) is 15.9 Å². The molecular weight excluding hydrogens is 573 g/mol. The van der Waals surface area contributed by atoms with Crippen LogP contribution in [0.3, 0.4) is 0 Å². The van der Waals surface area contributed by atoms with Gasteiger partial charge < -0.3 is 10.1 Å². The van der Waals surface area contributed by atoms with Crippen molar-refractivity contribution in [1.82, 2.24) is 9.62 Å². The minimum Gasteiger partial charge on any atom is -0.406 e. The monoisotopic (exact) mass is 606 g/mol. The maximum absolute atomic E-state index is 13.6. The van der Waals surface area contributed by atoms with Crippen molar-refractivity contribution in [2.75, 3.05) is 6.54 Å². The van der Waals surface area contributed by atoms with Crippen LogP contribution in [0.2, 0.25) is 0 Å². The molecule has 0 aromatic heterocycles. The van der Waals surface area contributed by atoms with E-state index in [1.54, 1.807) is 11.8 Å². The Morgan fingerprint density at radius 2 is 1.66 bits per heavy atom. The van der Waals surface area contributed by atoms with Gasteiger partial charge in [-0.05, 0) is 59.7 Å². The number of nitrogens with one attached hydrogen (secondary N) is 1. The number of halogens is 3. The smallest absolute Gasteiger partial charge is 0.406 e. The molecule has 1 aliphatic rings. The molecule has 220 valence electrons. The highest BCUT2D eigenvalue weighted by Crippen LogP contribution is 2.34. The highest BCUT2D eigenvalue weighted by atomic mass is 32.2. The van der Waals surface area contributed by atoms with E-state index in [0.29, 0.717) is 18.8 Å². The normalized spacial score (nSPS) is 18.3. The van der Waals surface area contributed by atoms with E-state index in [-0.39, 0.29) is 23.2 Å². The van der Waals surface area contributed by atoms with Crippen LogP contribution in [0.25, 0.3) is 0 Å². The van der Waals surface area contributed by atoms with Crippen molar-refractivity contribution in [2.24, 2.45) is 0 Å². The second-order valence-corrected chi connectivity index (χ2v) is 13.4. The minimum atomic E-state index is -4.89. The van der Waals surface area contributed by atoms with Crippen molar-refractivity contribution in [3.63, 3.8) is 0 Å². The largest absolute Gasteiger partial charge is 0.573 e. The third-order valence-electron chi connectivity index (χ3n) is 6.91. The second kappa shape index (κ2) is 13.3. The number of nitrogens with zero attached hydrogens (tertiary/aromatic N) is 1. The summed E-state index contributed by atoms with van der Waals surface area (Å²) in [6.07, 6.45) is -4.05. The number of rotatable bonds is 10. The number of carbonyl (C=O) groups excluding carboxylic acids is 1. The van der Waals surface area contributed by atoms with Gasteiger partial charge in [-0.3, -0.25) is 4.79 Å². The van der Waals surface area contributed by atoms with E-state index < -0.39 is 34.1 Å². The number of carbonyl (C=O) groups is 1. The Hall–Kier alpha value is -3.02. The van der Waals surface area contributed by atoms with Crippen LogP contribution >= 0.6 is 11.8 Å². The van der Waals surface area contributed by atoms with Crippen molar-refractivity contribution in [3.8, 4) is 5.75 Å². The van der Waals surface area contributed by atoms with E-state index in [9.17, 15) is 26.4 Å². The number of amides is 1. The lowest BCUT2D eigenvalue weighted by Gasteiger charge is -2.37. The topological polar surface area (TPSA) is 75.7 Å². The van der Waals surface area contributed by atoms with E-state index in [2.05, 4.69) is 23.9 Å². The zero-order valence-electron chi connectivity index (χ0n) is 22.8. The number of alkyl halides is 3. The SMILES string of the molecule is CC(C)c1ccc(CNC(=O)[C@H]2C[C@H](SCc3ccccc3)CCN2S(=O)(=O)c2ccc(OC(F)(F)F)cc2)cc1. The highest BCUT2D eigenvalue weighted by molar-refractivity contribution is 7.99. The summed E-state index contributed by atoms with van der Waals surface area (Å²) in [7, 11) is -4.18. The Kier molecular flexibility index (Phi) is 10.0. The third kappa shape index (κ3) is 8.50. The Bertz CT molecular complexity index is 1400. The molecule has 3 aromatic carbocycles. The summed E-state index contributed by atoms with van der Waals surface area (Å²) in [5.74, 6) is 0.169. The van der Waals surface area contributed by atoms with Gasteiger partial charge in [-0.15, -0.1) is 13.2 Å². The first kappa shape index (κ1) is 30.9. The first-order valence-electron chi connectivity index (χ1n) is 13.3. The van der Waals surface area contributed by atoms with Gasteiger partial charge in [0.05, 0.1) is 4.90 Å². The molecule has 0 radical (unpaired) electrons. The molecule has 0 bridgehead atoms. The highest BCUT2D eigenvalue weighted by Gasteiger charge is 2.41.